The van der Waals surface area contributed by atoms with Crippen molar-refractivity contribution in [3.63, 3.8) is 0 Å². The summed E-state index contributed by atoms with van der Waals surface area (Å²) in [6.45, 7) is 0.284. The van der Waals surface area contributed by atoms with Gasteiger partial charge in [0.15, 0.2) is 5.76 Å². The van der Waals surface area contributed by atoms with E-state index in [1.54, 1.807) is 24.5 Å². The molecular weight excluding hydrogens is 326 g/mol. The largest absolute Gasteiger partial charge is 0.504 e. The van der Waals surface area contributed by atoms with E-state index in [2.05, 4.69) is 20.2 Å². The number of carbonyl (C=O) groups excluding carboxylic acids is 1. The number of aliphatic hydroxyl groups is 1. The van der Waals surface area contributed by atoms with Crippen molar-refractivity contribution in [2.24, 2.45) is 0 Å². The number of rotatable bonds is 6. The van der Waals surface area contributed by atoms with E-state index in [0.717, 1.165) is 11.6 Å². The monoisotopic (exact) mass is 339 g/mol. The highest BCUT2D eigenvalue weighted by atomic mass is 16.4. The smallest absolute Gasteiger partial charge is 0.337 e. The van der Waals surface area contributed by atoms with Gasteiger partial charge in [0.25, 0.3) is 0 Å². The third-order valence-electron chi connectivity index (χ3n) is 3.41. The molecule has 0 saturated heterocycles. The fourth-order valence-electron chi connectivity index (χ4n) is 2.25. The van der Waals surface area contributed by atoms with E-state index in [1.807, 2.05) is 0 Å². The molecule has 0 aliphatic heterocycles. The average Bonchev–Trinajstić information content (AvgIpc) is 3.25. The fourth-order valence-corrected chi connectivity index (χ4v) is 2.25. The number of allylic oxidation sites excluding steroid dienone is 1. The molecule has 0 bridgehead atoms. The second-order valence-electron chi connectivity index (χ2n) is 5.12. The number of aliphatic hydroxyl groups excluding tert-OH is 1. The third kappa shape index (κ3) is 3.61. The highest BCUT2D eigenvalue weighted by molar-refractivity contribution is 6.07. The molecule has 0 atom stereocenters. The first-order chi connectivity index (χ1) is 12.0. The minimum atomic E-state index is -1.15. The summed E-state index contributed by atoms with van der Waals surface area (Å²) >= 11 is 0. The lowest BCUT2D eigenvalue weighted by Gasteiger charge is -2.07. The Hall–Kier alpha value is -3.75. The Kier molecular flexibility index (Phi) is 4.38. The van der Waals surface area contributed by atoms with Crippen LogP contribution >= 0.6 is 0 Å². The van der Waals surface area contributed by atoms with Gasteiger partial charge in [0, 0.05) is 31.2 Å². The zero-order valence-electron chi connectivity index (χ0n) is 12.8. The minimum Gasteiger partial charge on any atom is -0.504 e. The van der Waals surface area contributed by atoms with Crippen molar-refractivity contribution in [2.75, 3.05) is 0 Å². The Balaban J connectivity index is 1.95. The maximum atomic E-state index is 12.5. The lowest BCUT2D eigenvalue weighted by atomic mass is 10.2. The van der Waals surface area contributed by atoms with Crippen LogP contribution in [-0.2, 0) is 6.54 Å². The van der Waals surface area contributed by atoms with Gasteiger partial charge in [-0.25, -0.2) is 9.78 Å². The Bertz CT molecular complexity index is 929. The molecule has 3 N–H and O–H groups in total. The highest BCUT2D eigenvalue weighted by Crippen LogP contribution is 2.15. The van der Waals surface area contributed by atoms with Gasteiger partial charge in [-0.1, -0.05) is 0 Å². The number of H-pyrrole nitrogens is 1. The first-order valence-corrected chi connectivity index (χ1v) is 7.18. The molecule has 0 amide bonds. The predicted molar refractivity (Wildman–Crippen MR) is 86.0 cm³/mol. The molecule has 9 nitrogen and oxygen atoms in total. The van der Waals surface area contributed by atoms with Crippen LogP contribution in [0.4, 0.5) is 0 Å². The van der Waals surface area contributed by atoms with Gasteiger partial charge >= 0.3 is 5.97 Å². The van der Waals surface area contributed by atoms with E-state index in [0.29, 0.717) is 0 Å². The van der Waals surface area contributed by atoms with Gasteiger partial charge in [-0.3, -0.25) is 14.9 Å². The normalized spacial score (nSPS) is 11.4. The van der Waals surface area contributed by atoms with Gasteiger partial charge in [-0.15, -0.1) is 0 Å². The van der Waals surface area contributed by atoms with Gasteiger partial charge in [0.05, 0.1) is 11.3 Å². The highest BCUT2D eigenvalue weighted by Gasteiger charge is 2.17. The minimum absolute atomic E-state index is 0.0248. The van der Waals surface area contributed by atoms with Gasteiger partial charge < -0.3 is 14.8 Å². The zero-order chi connectivity index (χ0) is 17.8. The quantitative estimate of drug-likeness (QED) is 0.352. The van der Waals surface area contributed by atoms with Gasteiger partial charge in [-0.05, 0) is 23.8 Å². The summed E-state index contributed by atoms with van der Waals surface area (Å²) in [5.41, 5.74) is 0.943. The van der Waals surface area contributed by atoms with Crippen LogP contribution in [0.2, 0.25) is 0 Å². The zero-order valence-corrected chi connectivity index (χ0v) is 12.8. The maximum Gasteiger partial charge on any atom is 0.337 e. The lowest BCUT2D eigenvalue weighted by Crippen LogP contribution is -2.08. The Morgan fingerprint density at radius 2 is 2.00 bits per heavy atom. The van der Waals surface area contributed by atoms with Crippen LogP contribution in [0.15, 0.2) is 49.2 Å². The lowest BCUT2D eigenvalue weighted by molar-refractivity contribution is 0.0696. The predicted octanol–water partition coefficient (Wildman–Crippen LogP) is 1.53. The van der Waals surface area contributed by atoms with Crippen molar-refractivity contribution in [1.82, 2.24) is 24.7 Å². The Morgan fingerprint density at radius 3 is 2.64 bits per heavy atom. The number of pyridine rings is 1. The van der Waals surface area contributed by atoms with Crippen molar-refractivity contribution in [3.8, 4) is 0 Å². The number of carbonyl (C=O) groups is 2. The summed E-state index contributed by atoms with van der Waals surface area (Å²) < 4.78 is 1.50. The maximum absolute atomic E-state index is 12.5. The molecule has 3 heterocycles. The number of carboxylic acid groups (broad SMARTS) is 1. The van der Waals surface area contributed by atoms with Crippen molar-refractivity contribution >= 4 is 17.5 Å². The van der Waals surface area contributed by atoms with Crippen LogP contribution < -0.4 is 0 Å². The number of nitrogens with zero attached hydrogens (tertiary/aromatic N) is 4. The van der Waals surface area contributed by atoms with Gasteiger partial charge in [0.2, 0.25) is 11.6 Å². The molecule has 0 aliphatic carbocycles. The van der Waals surface area contributed by atoms with Crippen LogP contribution in [0.25, 0.3) is 5.76 Å². The number of hydrogen-bond acceptors (Lipinski definition) is 6. The summed E-state index contributed by atoms with van der Waals surface area (Å²) in [5, 5.41) is 25.2. The van der Waals surface area contributed by atoms with E-state index >= 15 is 0 Å². The van der Waals surface area contributed by atoms with Crippen LogP contribution in [0.1, 0.15) is 32.2 Å². The summed E-state index contributed by atoms with van der Waals surface area (Å²) in [7, 11) is 0. The second-order valence-corrected chi connectivity index (χ2v) is 5.12. The van der Waals surface area contributed by atoms with Crippen molar-refractivity contribution in [2.45, 2.75) is 6.54 Å². The molecule has 3 aromatic heterocycles. The van der Waals surface area contributed by atoms with Crippen molar-refractivity contribution < 1.29 is 19.8 Å². The van der Waals surface area contributed by atoms with Crippen molar-refractivity contribution in [3.05, 3.63) is 71.8 Å². The third-order valence-corrected chi connectivity index (χ3v) is 3.41. The standard InChI is InChI=1S/C16H13N5O4/c22-13(6-14(23)15-18-9-19-20-15)12-5-11(16(24)25)8-21(12)7-10-1-3-17-4-2-10/h1-6,8-9,23H,7H2,(H,24,25)(H,18,19,20). The SMILES string of the molecule is O=C(O)c1cc(C(=O)C=C(O)c2nc[nH]n2)n(Cc2ccncc2)c1. The topological polar surface area (TPSA) is 134 Å². The molecule has 3 rings (SSSR count). The number of aromatic nitrogens is 5. The van der Waals surface area contributed by atoms with Crippen LogP contribution in [0, 0.1) is 0 Å². The molecule has 0 aromatic carbocycles. The van der Waals surface area contributed by atoms with Crippen molar-refractivity contribution in [1.29, 1.82) is 0 Å². The summed E-state index contributed by atoms with van der Waals surface area (Å²) in [6, 6.07) is 4.78. The van der Waals surface area contributed by atoms with Crippen LogP contribution in [0.5, 0.6) is 0 Å². The van der Waals surface area contributed by atoms with E-state index in [9.17, 15) is 19.8 Å². The van der Waals surface area contributed by atoms with Crippen LogP contribution in [-0.4, -0.2) is 46.7 Å². The number of aromatic amines is 1. The first-order valence-electron chi connectivity index (χ1n) is 7.18. The molecule has 0 spiro atoms. The van der Waals surface area contributed by atoms with E-state index in [4.69, 9.17) is 0 Å². The van der Waals surface area contributed by atoms with Crippen LogP contribution in [0.3, 0.4) is 0 Å². The van der Waals surface area contributed by atoms with Gasteiger partial charge in [-0.2, -0.15) is 5.10 Å². The van der Waals surface area contributed by atoms with Gasteiger partial charge in [0.1, 0.15) is 6.33 Å². The second kappa shape index (κ2) is 6.79. The summed E-state index contributed by atoms with van der Waals surface area (Å²) in [5.74, 6) is -2.16. The number of carboxylic acids is 1. The fraction of sp³-hybridized carbons (Fsp3) is 0.0625. The Morgan fingerprint density at radius 1 is 1.24 bits per heavy atom. The van der Waals surface area contributed by atoms with E-state index in [1.165, 1.54) is 23.2 Å². The first kappa shape index (κ1) is 16.1. The molecule has 0 unspecified atom stereocenters. The number of nitrogens with one attached hydrogen (secondary N) is 1. The number of ketones is 1. The molecule has 25 heavy (non-hydrogen) atoms. The summed E-state index contributed by atoms with van der Waals surface area (Å²) in [4.78, 5) is 31.4. The molecule has 0 fully saturated rings. The summed E-state index contributed by atoms with van der Waals surface area (Å²) in [6.07, 6.45) is 6.79. The number of hydrogen-bond donors (Lipinski definition) is 3. The number of aromatic carboxylic acids is 1. The molecule has 0 radical (unpaired) electrons. The molecule has 126 valence electrons. The molecule has 0 saturated carbocycles. The molecule has 3 aromatic rings. The average molecular weight is 339 g/mol. The van der Waals surface area contributed by atoms with E-state index < -0.39 is 17.5 Å². The van der Waals surface area contributed by atoms with E-state index in [-0.39, 0.29) is 23.6 Å². The molecule has 9 heteroatoms. The molecule has 0 aliphatic rings. The Labute approximate surface area is 141 Å². The molecular formula is C16H13N5O4.